The van der Waals surface area contributed by atoms with Gasteiger partial charge in [0.1, 0.15) is 11.6 Å². The Morgan fingerprint density at radius 1 is 1.08 bits per heavy atom. The van der Waals surface area contributed by atoms with Crippen molar-refractivity contribution >= 4 is 35.0 Å². The van der Waals surface area contributed by atoms with Gasteiger partial charge in [0.25, 0.3) is 0 Å². The van der Waals surface area contributed by atoms with Gasteiger partial charge in [-0.25, -0.2) is 4.98 Å². The number of nitrogens with zero attached hydrogens (tertiary/aromatic N) is 2. The van der Waals surface area contributed by atoms with Crippen molar-refractivity contribution in [3.05, 3.63) is 69.7 Å². The molecular weight excluding hydrogens is 359 g/mol. The molecule has 0 amide bonds. The van der Waals surface area contributed by atoms with Crippen molar-refractivity contribution in [3.8, 4) is 0 Å². The summed E-state index contributed by atoms with van der Waals surface area (Å²) in [5, 5.41) is 7.78. The Hall–Kier alpha value is -2.24. The zero-order valence-electron chi connectivity index (χ0n) is 13.7. The minimum atomic E-state index is 0.538. The maximum atomic E-state index is 6.20. The van der Waals surface area contributed by atoms with Gasteiger partial charge < -0.3 is 15.1 Å². The SMILES string of the molecule is Cc1cc(NCCc2ccc(Cl)cc2Cl)nc(NCc2ccco2)n1. The number of aryl methyl sites for hydroxylation is 1. The molecule has 0 saturated heterocycles. The number of benzene rings is 1. The van der Waals surface area contributed by atoms with E-state index < -0.39 is 0 Å². The molecule has 2 heterocycles. The van der Waals surface area contributed by atoms with Gasteiger partial charge in [-0.3, -0.25) is 0 Å². The second-order valence-electron chi connectivity index (χ2n) is 5.56. The average Bonchev–Trinajstić information content (AvgIpc) is 3.08. The second-order valence-corrected chi connectivity index (χ2v) is 6.41. The van der Waals surface area contributed by atoms with Crippen molar-refractivity contribution in [3.63, 3.8) is 0 Å². The molecule has 25 heavy (non-hydrogen) atoms. The lowest BCUT2D eigenvalue weighted by molar-refractivity contribution is 0.517. The molecular formula is C18H18Cl2N4O. The highest BCUT2D eigenvalue weighted by molar-refractivity contribution is 6.35. The Balaban J connectivity index is 1.58. The Labute approximate surface area is 156 Å². The molecule has 2 aromatic heterocycles. The first-order chi connectivity index (χ1) is 12.1. The fourth-order valence-corrected chi connectivity index (χ4v) is 2.87. The van der Waals surface area contributed by atoms with Gasteiger partial charge in [0.05, 0.1) is 12.8 Å². The molecule has 0 aliphatic heterocycles. The largest absolute Gasteiger partial charge is 0.467 e. The highest BCUT2D eigenvalue weighted by Gasteiger charge is 2.05. The molecule has 0 bridgehead atoms. The highest BCUT2D eigenvalue weighted by Crippen LogP contribution is 2.21. The quantitative estimate of drug-likeness (QED) is 0.610. The first kappa shape index (κ1) is 17.6. The summed E-state index contributed by atoms with van der Waals surface area (Å²) in [7, 11) is 0. The maximum Gasteiger partial charge on any atom is 0.225 e. The average molecular weight is 377 g/mol. The van der Waals surface area contributed by atoms with E-state index in [0.717, 1.165) is 29.3 Å². The zero-order chi connectivity index (χ0) is 17.6. The van der Waals surface area contributed by atoms with Crippen LogP contribution in [0.4, 0.5) is 11.8 Å². The predicted octanol–water partition coefficient (Wildman–Crippen LogP) is 4.95. The molecule has 3 aromatic rings. The number of furan rings is 1. The minimum absolute atomic E-state index is 0.538. The predicted molar refractivity (Wildman–Crippen MR) is 101 cm³/mol. The summed E-state index contributed by atoms with van der Waals surface area (Å²) in [6.07, 6.45) is 2.41. The van der Waals surface area contributed by atoms with E-state index in [2.05, 4.69) is 20.6 Å². The summed E-state index contributed by atoms with van der Waals surface area (Å²) in [5.41, 5.74) is 1.92. The maximum absolute atomic E-state index is 6.20. The van der Waals surface area contributed by atoms with Gasteiger partial charge in [-0.15, -0.1) is 0 Å². The minimum Gasteiger partial charge on any atom is -0.467 e. The van der Waals surface area contributed by atoms with Gasteiger partial charge in [-0.1, -0.05) is 29.3 Å². The highest BCUT2D eigenvalue weighted by atomic mass is 35.5. The van der Waals surface area contributed by atoms with Gasteiger partial charge in [0.2, 0.25) is 5.95 Å². The van der Waals surface area contributed by atoms with Crippen LogP contribution in [0, 0.1) is 6.92 Å². The number of anilines is 2. The number of hydrogen-bond donors (Lipinski definition) is 2. The van der Waals surface area contributed by atoms with Crippen LogP contribution in [0.15, 0.2) is 47.1 Å². The van der Waals surface area contributed by atoms with Gasteiger partial charge in [-0.2, -0.15) is 4.98 Å². The molecule has 3 rings (SSSR count). The summed E-state index contributed by atoms with van der Waals surface area (Å²) in [6, 6.07) is 11.2. The molecule has 5 nitrogen and oxygen atoms in total. The first-order valence-electron chi connectivity index (χ1n) is 7.90. The lowest BCUT2D eigenvalue weighted by Crippen LogP contribution is -2.10. The lowest BCUT2D eigenvalue weighted by Gasteiger charge is -2.10. The Morgan fingerprint density at radius 2 is 1.96 bits per heavy atom. The van der Waals surface area contributed by atoms with Crippen molar-refractivity contribution in [2.24, 2.45) is 0 Å². The smallest absolute Gasteiger partial charge is 0.225 e. The molecule has 0 aliphatic rings. The van der Waals surface area contributed by atoms with Crippen molar-refractivity contribution < 1.29 is 4.42 Å². The summed E-state index contributed by atoms with van der Waals surface area (Å²) in [4.78, 5) is 8.86. The molecule has 1 aromatic carbocycles. The van der Waals surface area contributed by atoms with Gasteiger partial charge in [0.15, 0.2) is 0 Å². The van der Waals surface area contributed by atoms with E-state index in [4.69, 9.17) is 27.6 Å². The lowest BCUT2D eigenvalue weighted by atomic mass is 10.1. The number of rotatable bonds is 7. The van der Waals surface area contributed by atoms with Crippen molar-refractivity contribution in [2.45, 2.75) is 19.9 Å². The molecule has 0 unspecified atom stereocenters. The van der Waals surface area contributed by atoms with E-state index >= 15 is 0 Å². The van der Waals surface area contributed by atoms with Crippen LogP contribution in [0.2, 0.25) is 10.0 Å². The summed E-state index contributed by atoms with van der Waals surface area (Å²) in [6.45, 7) is 3.17. The zero-order valence-corrected chi connectivity index (χ0v) is 15.2. The second kappa shape index (κ2) is 8.23. The molecule has 0 spiro atoms. The first-order valence-corrected chi connectivity index (χ1v) is 8.65. The van der Waals surface area contributed by atoms with Gasteiger partial charge >= 0.3 is 0 Å². The Bertz CT molecular complexity index is 837. The van der Waals surface area contributed by atoms with Crippen molar-refractivity contribution in [2.75, 3.05) is 17.2 Å². The van der Waals surface area contributed by atoms with Crippen molar-refractivity contribution in [1.29, 1.82) is 0 Å². The van der Waals surface area contributed by atoms with Crippen LogP contribution in [-0.4, -0.2) is 16.5 Å². The third-order valence-electron chi connectivity index (χ3n) is 3.57. The Kier molecular flexibility index (Phi) is 5.79. The number of aromatic nitrogens is 2. The Morgan fingerprint density at radius 3 is 2.72 bits per heavy atom. The van der Waals surface area contributed by atoms with Crippen LogP contribution in [0.5, 0.6) is 0 Å². The number of halogens is 2. The summed E-state index contributed by atoms with van der Waals surface area (Å²) in [5.74, 6) is 2.15. The normalized spacial score (nSPS) is 10.7. The van der Waals surface area contributed by atoms with Gasteiger partial charge in [-0.05, 0) is 43.2 Å². The van der Waals surface area contributed by atoms with Crippen LogP contribution >= 0.6 is 23.2 Å². The van der Waals surface area contributed by atoms with E-state index in [1.165, 1.54) is 0 Å². The van der Waals surface area contributed by atoms with E-state index in [-0.39, 0.29) is 0 Å². The fourth-order valence-electron chi connectivity index (χ4n) is 2.37. The molecule has 0 radical (unpaired) electrons. The number of hydrogen-bond acceptors (Lipinski definition) is 5. The molecule has 7 heteroatoms. The summed E-state index contributed by atoms with van der Waals surface area (Å²) >= 11 is 12.1. The molecule has 130 valence electrons. The topological polar surface area (TPSA) is 63.0 Å². The van der Waals surface area contributed by atoms with E-state index in [1.54, 1.807) is 12.3 Å². The van der Waals surface area contributed by atoms with E-state index in [1.807, 2.05) is 37.3 Å². The molecule has 0 saturated carbocycles. The standard InChI is InChI=1S/C18H18Cl2N4O/c1-12-9-17(21-7-6-13-4-5-14(19)10-16(13)20)24-18(23-12)22-11-15-3-2-8-25-15/h2-5,8-10H,6-7,11H2,1H3,(H2,21,22,23,24). The molecule has 2 N–H and O–H groups in total. The van der Waals surface area contributed by atoms with E-state index in [0.29, 0.717) is 29.1 Å². The fraction of sp³-hybridized carbons (Fsp3) is 0.222. The third kappa shape index (κ3) is 5.11. The molecule has 0 fully saturated rings. The van der Waals surface area contributed by atoms with Crippen LogP contribution in [0.1, 0.15) is 17.0 Å². The molecule has 0 aliphatic carbocycles. The van der Waals surface area contributed by atoms with Crippen LogP contribution in [0.3, 0.4) is 0 Å². The summed E-state index contributed by atoms with van der Waals surface area (Å²) < 4.78 is 5.29. The van der Waals surface area contributed by atoms with Crippen LogP contribution in [0.25, 0.3) is 0 Å². The van der Waals surface area contributed by atoms with Gasteiger partial charge in [0, 0.05) is 28.4 Å². The van der Waals surface area contributed by atoms with Crippen LogP contribution in [-0.2, 0) is 13.0 Å². The van der Waals surface area contributed by atoms with E-state index in [9.17, 15) is 0 Å². The monoisotopic (exact) mass is 376 g/mol. The molecule has 0 atom stereocenters. The van der Waals surface area contributed by atoms with Crippen LogP contribution < -0.4 is 10.6 Å². The number of nitrogens with one attached hydrogen (secondary N) is 2. The van der Waals surface area contributed by atoms with Crippen molar-refractivity contribution in [1.82, 2.24) is 9.97 Å². The third-order valence-corrected chi connectivity index (χ3v) is 4.16.